The number of ether oxygens (including phenoxy) is 2. The third-order valence-electron chi connectivity index (χ3n) is 4.65. The molecule has 1 aromatic rings. The minimum Gasteiger partial charge on any atom is -0.378 e. The van der Waals surface area contributed by atoms with Crippen molar-refractivity contribution in [3.8, 4) is 0 Å². The van der Waals surface area contributed by atoms with Gasteiger partial charge in [0.2, 0.25) is 0 Å². The van der Waals surface area contributed by atoms with Gasteiger partial charge >= 0.3 is 0 Å². The Morgan fingerprint density at radius 2 is 2.25 bits per heavy atom. The molecule has 0 unspecified atom stereocenters. The Hall–Kier alpha value is -1.73. The molecule has 1 amide bonds. The maximum absolute atomic E-state index is 12.9. The lowest BCUT2D eigenvalue weighted by atomic mass is 9.98. The summed E-state index contributed by atoms with van der Waals surface area (Å²) in [4.78, 5) is 26.5. The molecule has 3 rings (SSSR count). The highest BCUT2D eigenvalue weighted by molar-refractivity contribution is 5.92. The smallest absolute Gasteiger partial charge is 0.274 e. The molecule has 132 valence electrons. The van der Waals surface area contributed by atoms with Gasteiger partial charge in [0.15, 0.2) is 0 Å². The van der Waals surface area contributed by atoms with Crippen molar-refractivity contribution in [2.24, 2.45) is 0 Å². The summed E-state index contributed by atoms with van der Waals surface area (Å²) in [5, 5.41) is 4.24. The van der Waals surface area contributed by atoms with Gasteiger partial charge in [-0.15, -0.1) is 0 Å². The highest BCUT2D eigenvalue weighted by Gasteiger charge is 2.45. The zero-order chi connectivity index (χ0) is 17.2. The Bertz CT molecular complexity index is 651. The van der Waals surface area contributed by atoms with Gasteiger partial charge in [-0.1, -0.05) is 13.8 Å². The van der Waals surface area contributed by atoms with Crippen LogP contribution in [-0.2, 0) is 16.0 Å². The Labute approximate surface area is 141 Å². The van der Waals surface area contributed by atoms with Gasteiger partial charge in [0.1, 0.15) is 11.3 Å². The second kappa shape index (κ2) is 7.03. The lowest BCUT2D eigenvalue weighted by molar-refractivity contribution is -0.145. The molecular weight excluding hydrogens is 310 g/mol. The topological polar surface area (TPSA) is 73.7 Å². The van der Waals surface area contributed by atoms with E-state index in [0.29, 0.717) is 38.5 Å². The minimum atomic E-state index is -0.396. The number of morpholine rings is 1. The van der Waals surface area contributed by atoms with E-state index in [0.717, 1.165) is 19.3 Å². The number of aryl methyl sites for hydroxylation is 1. The molecule has 2 atom stereocenters. The number of aromatic nitrogens is 2. The summed E-state index contributed by atoms with van der Waals surface area (Å²) in [5.74, 6) is -0.145. The molecule has 7 heteroatoms. The fourth-order valence-electron chi connectivity index (χ4n) is 3.36. The van der Waals surface area contributed by atoms with E-state index in [1.54, 1.807) is 4.90 Å². The largest absolute Gasteiger partial charge is 0.378 e. The van der Waals surface area contributed by atoms with Crippen LogP contribution >= 0.6 is 0 Å². The molecule has 7 nitrogen and oxygen atoms in total. The van der Waals surface area contributed by atoms with Gasteiger partial charge in [-0.25, -0.2) is 4.68 Å². The number of hydrogen-bond acceptors (Lipinski definition) is 5. The molecule has 2 fully saturated rings. The Morgan fingerprint density at radius 1 is 1.42 bits per heavy atom. The van der Waals surface area contributed by atoms with Gasteiger partial charge in [-0.3, -0.25) is 9.59 Å². The number of carbonyl (C=O) groups is 1. The summed E-state index contributed by atoms with van der Waals surface area (Å²) >= 11 is 0. The van der Waals surface area contributed by atoms with Crippen molar-refractivity contribution in [1.29, 1.82) is 0 Å². The van der Waals surface area contributed by atoms with Crippen LogP contribution in [0.5, 0.6) is 0 Å². The molecule has 1 aromatic heterocycles. The average Bonchev–Trinajstić information content (AvgIpc) is 3.03. The summed E-state index contributed by atoms with van der Waals surface area (Å²) < 4.78 is 13.1. The molecular formula is C17H25N3O4. The van der Waals surface area contributed by atoms with Gasteiger partial charge in [-0.2, -0.15) is 5.10 Å². The molecule has 0 saturated carbocycles. The van der Waals surface area contributed by atoms with Crippen molar-refractivity contribution in [3.63, 3.8) is 0 Å². The zero-order valence-corrected chi connectivity index (χ0v) is 14.4. The Kier molecular flexibility index (Phi) is 5.01. The van der Waals surface area contributed by atoms with Crippen molar-refractivity contribution in [1.82, 2.24) is 14.7 Å². The van der Waals surface area contributed by atoms with E-state index in [1.165, 1.54) is 16.8 Å². The second-order valence-corrected chi connectivity index (χ2v) is 6.60. The molecule has 0 bridgehead atoms. The fourth-order valence-corrected chi connectivity index (χ4v) is 3.36. The zero-order valence-electron chi connectivity index (χ0n) is 14.4. The first-order valence-corrected chi connectivity index (χ1v) is 8.70. The van der Waals surface area contributed by atoms with Crippen LogP contribution in [0, 0.1) is 0 Å². The normalized spacial score (nSPS) is 26.9. The molecule has 3 heterocycles. The first-order valence-electron chi connectivity index (χ1n) is 8.70. The van der Waals surface area contributed by atoms with Gasteiger partial charge in [-0.05, 0) is 18.9 Å². The summed E-state index contributed by atoms with van der Waals surface area (Å²) in [6, 6.07) is 2.94. The molecule has 0 radical (unpaired) electrons. The summed E-state index contributed by atoms with van der Waals surface area (Å²) in [6.45, 7) is 6.79. The van der Waals surface area contributed by atoms with Crippen molar-refractivity contribution in [2.45, 2.75) is 51.4 Å². The maximum atomic E-state index is 12.9. The van der Waals surface area contributed by atoms with E-state index in [4.69, 9.17) is 9.47 Å². The predicted octanol–water partition coefficient (Wildman–Crippen LogP) is 1.06. The third-order valence-corrected chi connectivity index (χ3v) is 4.65. The van der Waals surface area contributed by atoms with Crippen LogP contribution in [0.3, 0.4) is 0 Å². The monoisotopic (exact) mass is 335 g/mol. The molecule has 2 aliphatic rings. The van der Waals surface area contributed by atoms with E-state index in [-0.39, 0.29) is 17.6 Å². The maximum Gasteiger partial charge on any atom is 0.274 e. The predicted molar refractivity (Wildman–Crippen MR) is 88.0 cm³/mol. The minimum absolute atomic E-state index is 0.00551. The first kappa shape index (κ1) is 17.1. The van der Waals surface area contributed by atoms with Crippen LogP contribution in [0.25, 0.3) is 0 Å². The van der Waals surface area contributed by atoms with Crippen LogP contribution in [0.15, 0.2) is 16.9 Å². The molecule has 0 aromatic carbocycles. The van der Waals surface area contributed by atoms with E-state index < -0.39 is 5.60 Å². The molecule has 0 aliphatic carbocycles. The number of amides is 1. The Morgan fingerprint density at radius 3 is 2.92 bits per heavy atom. The van der Waals surface area contributed by atoms with Gasteiger partial charge in [0, 0.05) is 32.2 Å². The van der Waals surface area contributed by atoms with Crippen LogP contribution in [-0.4, -0.2) is 58.6 Å². The summed E-state index contributed by atoms with van der Waals surface area (Å²) in [7, 11) is 0. The van der Waals surface area contributed by atoms with Crippen LogP contribution in [0.2, 0.25) is 0 Å². The number of rotatable bonds is 4. The lowest BCUT2D eigenvalue weighted by Gasteiger charge is -2.43. The van der Waals surface area contributed by atoms with Gasteiger partial charge in [0.25, 0.3) is 11.5 Å². The van der Waals surface area contributed by atoms with Crippen LogP contribution in [0.4, 0.5) is 0 Å². The van der Waals surface area contributed by atoms with E-state index >= 15 is 0 Å². The van der Waals surface area contributed by atoms with Gasteiger partial charge in [0.05, 0.1) is 19.3 Å². The van der Waals surface area contributed by atoms with Gasteiger partial charge < -0.3 is 14.4 Å². The first-order chi connectivity index (χ1) is 11.6. The van der Waals surface area contributed by atoms with Crippen molar-refractivity contribution >= 4 is 5.91 Å². The highest BCUT2D eigenvalue weighted by atomic mass is 16.6. The van der Waals surface area contributed by atoms with Crippen molar-refractivity contribution < 1.29 is 14.3 Å². The number of nitrogens with zero attached hydrogens (tertiary/aromatic N) is 3. The van der Waals surface area contributed by atoms with Crippen molar-refractivity contribution in [2.75, 3.05) is 26.3 Å². The lowest BCUT2D eigenvalue weighted by Crippen LogP contribution is -2.57. The molecule has 2 aliphatic heterocycles. The van der Waals surface area contributed by atoms with Crippen LogP contribution < -0.4 is 5.56 Å². The van der Waals surface area contributed by atoms with E-state index in [9.17, 15) is 9.59 Å². The highest BCUT2D eigenvalue weighted by Crippen LogP contribution is 2.31. The molecule has 2 saturated heterocycles. The molecule has 24 heavy (non-hydrogen) atoms. The quantitative estimate of drug-likeness (QED) is 0.823. The number of hydrogen-bond donors (Lipinski definition) is 0. The van der Waals surface area contributed by atoms with Crippen LogP contribution in [0.1, 0.15) is 43.6 Å². The second-order valence-electron chi connectivity index (χ2n) is 6.60. The summed E-state index contributed by atoms with van der Waals surface area (Å²) in [5.41, 5.74) is -0.261. The SMILES string of the molecule is CCCn1nc(C(=O)N2C[C@@H](CC)O[C@]3(CCOC3)C2)ccc1=O. The summed E-state index contributed by atoms with van der Waals surface area (Å²) in [6.07, 6.45) is 2.44. The standard InChI is InChI=1S/C17H25N3O4/c1-3-8-20-15(21)6-5-14(18-20)16(22)19-10-13(4-2)24-17(11-19)7-9-23-12-17/h5-6,13H,3-4,7-12H2,1-2H3/t13-,17-/m1/s1. The third kappa shape index (κ3) is 3.37. The average molecular weight is 335 g/mol. The Balaban J connectivity index is 1.83. The molecule has 1 spiro atoms. The molecule has 0 N–H and O–H groups in total. The van der Waals surface area contributed by atoms with E-state index in [2.05, 4.69) is 12.0 Å². The fraction of sp³-hybridized carbons (Fsp3) is 0.706. The van der Waals surface area contributed by atoms with Crippen molar-refractivity contribution in [3.05, 3.63) is 28.2 Å². The number of carbonyl (C=O) groups excluding carboxylic acids is 1. The van der Waals surface area contributed by atoms with E-state index in [1.807, 2.05) is 6.92 Å².